The van der Waals surface area contributed by atoms with E-state index in [1.54, 1.807) is 0 Å². The van der Waals surface area contributed by atoms with Crippen molar-refractivity contribution in [2.24, 2.45) is 0 Å². The van der Waals surface area contributed by atoms with E-state index in [0.717, 1.165) is 79.1 Å². The molecular formula is C52H32N4OS. The first-order valence-corrected chi connectivity index (χ1v) is 20.6. The van der Waals surface area contributed by atoms with Gasteiger partial charge in [-0.3, -0.25) is 9.97 Å². The Bertz CT molecular complexity index is 3650. The number of hydrogen-bond donors (Lipinski definition) is 0. The quantitative estimate of drug-likeness (QED) is 0.179. The second-order valence-electron chi connectivity index (χ2n) is 15.3. The minimum absolute atomic E-state index is 0.891. The van der Waals surface area contributed by atoms with E-state index in [4.69, 9.17) is 14.4 Å². The zero-order valence-electron chi connectivity index (χ0n) is 31.2. The molecule has 1 aliphatic rings. The molecule has 0 bridgehead atoms. The molecule has 6 aromatic carbocycles. The minimum Gasteiger partial charge on any atom is -0.456 e. The molecule has 0 spiro atoms. The van der Waals surface area contributed by atoms with E-state index < -0.39 is 0 Å². The molecule has 6 aromatic heterocycles. The number of thiophene rings is 1. The third-order valence-electron chi connectivity index (χ3n) is 12.1. The second kappa shape index (κ2) is 12.1. The van der Waals surface area contributed by atoms with Crippen LogP contribution in [0.5, 0.6) is 0 Å². The Morgan fingerprint density at radius 3 is 1.76 bits per heavy atom. The van der Waals surface area contributed by atoms with E-state index >= 15 is 0 Å². The molecule has 0 unspecified atom stereocenters. The molecule has 272 valence electrons. The lowest BCUT2D eigenvalue weighted by Crippen LogP contribution is -1.94. The van der Waals surface area contributed by atoms with E-state index in [1.807, 2.05) is 35.9 Å². The van der Waals surface area contributed by atoms with Crippen LogP contribution in [0.15, 0.2) is 175 Å². The fourth-order valence-corrected chi connectivity index (χ4v) is 10.5. The highest BCUT2D eigenvalue weighted by Crippen LogP contribution is 2.41. The maximum absolute atomic E-state index is 6.42. The Morgan fingerprint density at radius 2 is 1.03 bits per heavy atom. The summed E-state index contributed by atoms with van der Waals surface area (Å²) in [6, 6.07) is 52.6. The van der Waals surface area contributed by atoms with Gasteiger partial charge in [0, 0.05) is 65.5 Å². The number of nitrogens with zero attached hydrogens (tertiary/aromatic N) is 4. The zero-order chi connectivity index (χ0) is 37.9. The highest BCUT2D eigenvalue weighted by atomic mass is 32.1. The zero-order valence-corrected chi connectivity index (χ0v) is 32.0. The minimum atomic E-state index is 0.891. The number of para-hydroxylation sites is 2. The van der Waals surface area contributed by atoms with Gasteiger partial charge in [-0.2, -0.15) is 0 Å². The maximum Gasteiger partial charge on any atom is 0.135 e. The first-order chi connectivity index (χ1) is 28.7. The maximum atomic E-state index is 6.42. The summed E-state index contributed by atoms with van der Waals surface area (Å²) in [6.07, 6.45) is 10.5. The van der Waals surface area contributed by atoms with Gasteiger partial charge in [-0.15, -0.1) is 11.3 Å². The van der Waals surface area contributed by atoms with Gasteiger partial charge in [0.25, 0.3) is 0 Å². The third kappa shape index (κ3) is 4.63. The average Bonchev–Trinajstić information content (AvgIpc) is 4.03. The van der Waals surface area contributed by atoms with Crippen LogP contribution in [0.25, 0.3) is 109 Å². The number of pyridine rings is 2. The van der Waals surface area contributed by atoms with Crippen molar-refractivity contribution >= 4 is 108 Å². The lowest BCUT2D eigenvalue weighted by atomic mass is 9.90. The fraction of sp³-hybridized carbons (Fsp3) is 0.0385. The van der Waals surface area contributed by atoms with Gasteiger partial charge < -0.3 is 13.6 Å². The number of furan rings is 1. The Morgan fingerprint density at radius 1 is 0.483 bits per heavy atom. The van der Waals surface area contributed by atoms with Crippen molar-refractivity contribution in [1.29, 1.82) is 0 Å². The van der Waals surface area contributed by atoms with E-state index in [2.05, 4.69) is 155 Å². The average molecular weight is 761 g/mol. The number of allylic oxidation sites excluding steroid dienone is 4. The predicted octanol–water partition coefficient (Wildman–Crippen LogP) is 14.2. The SMILES string of the molecule is C1=C(c2ccc3sc4ccc(-n5c6ccccc6c6ncccc65)cc4c3c2)C=C(c2ccc3oc4ccc(-n5c6ccccc6c6ncccc65)cc4c3c2)CC1. The Hall–Kier alpha value is -7.28. The lowest BCUT2D eigenvalue weighted by Gasteiger charge is -2.15. The Balaban J connectivity index is 0.895. The molecule has 5 nitrogen and oxygen atoms in total. The van der Waals surface area contributed by atoms with Crippen LogP contribution in [0.1, 0.15) is 24.0 Å². The smallest absolute Gasteiger partial charge is 0.135 e. The second-order valence-corrected chi connectivity index (χ2v) is 16.4. The van der Waals surface area contributed by atoms with E-state index in [0.29, 0.717) is 0 Å². The van der Waals surface area contributed by atoms with Crippen molar-refractivity contribution in [3.8, 4) is 11.4 Å². The summed E-state index contributed by atoms with van der Waals surface area (Å²) in [5, 5.41) is 7.14. The summed E-state index contributed by atoms with van der Waals surface area (Å²) in [5.74, 6) is 0. The first kappa shape index (κ1) is 31.9. The highest BCUT2D eigenvalue weighted by molar-refractivity contribution is 7.25. The molecule has 1 aliphatic carbocycles. The molecule has 0 fully saturated rings. The molecule has 6 heterocycles. The molecule has 0 saturated heterocycles. The van der Waals surface area contributed by atoms with Crippen LogP contribution in [0.3, 0.4) is 0 Å². The molecule has 0 radical (unpaired) electrons. The highest BCUT2D eigenvalue weighted by Gasteiger charge is 2.18. The summed E-state index contributed by atoms with van der Waals surface area (Å²) in [4.78, 5) is 9.52. The molecule has 0 amide bonds. The van der Waals surface area contributed by atoms with Crippen LogP contribution in [-0.2, 0) is 0 Å². The van der Waals surface area contributed by atoms with Gasteiger partial charge in [-0.05, 0) is 132 Å². The van der Waals surface area contributed by atoms with Crippen molar-refractivity contribution in [1.82, 2.24) is 19.1 Å². The lowest BCUT2D eigenvalue weighted by molar-refractivity contribution is 0.669. The van der Waals surface area contributed by atoms with Crippen molar-refractivity contribution in [2.45, 2.75) is 12.8 Å². The van der Waals surface area contributed by atoms with Crippen molar-refractivity contribution in [3.63, 3.8) is 0 Å². The molecule has 6 heteroatoms. The topological polar surface area (TPSA) is 48.8 Å². The normalized spacial score (nSPS) is 13.6. The van der Waals surface area contributed by atoms with Gasteiger partial charge in [0.2, 0.25) is 0 Å². The van der Waals surface area contributed by atoms with Gasteiger partial charge in [-0.1, -0.05) is 60.7 Å². The van der Waals surface area contributed by atoms with Gasteiger partial charge >= 0.3 is 0 Å². The number of aromatic nitrogens is 4. The predicted molar refractivity (Wildman–Crippen MR) is 243 cm³/mol. The summed E-state index contributed by atoms with van der Waals surface area (Å²) in [7, 11) is 0. The van der Waals surface area contributed by atoms with Gasteiger partial charge in [0.15, 0.2) is 0 Å². The Labute approximate surface area is 336 Å². The van der Waals surface area contributed by atoms with Crippen molar-refractivity contribution < 1.29 is 4.42 Å². The molecule has 12 aromatic rings. The summed E-state index contributed by atoms with van der Waals surface area (Å²) in [5.41, 5.74) is 15.7. The number of hydrogen-bond acceptors (Lipinski definition) is 4. The third-order valence-corrected chi connectivity index (χ3v) is 13.2. The molecule has 0 N–H and O–H groups in total. The van der Waals surface area contributed by atoms with E-state index in [-0.39, 0.29) is 0 Å². The monoisotopic (exact) mass is 760 g/mol. The number of fused-ring (bicyclic) bond motifs is 12. The van der Waals surface area contributed by atoms with Gasteiger partial charge in [-0.25, -0.2) is 0 Å². The van der Waals surface area contributed by atoms with Gasteiger partial charge in [0.1, 0.15) is 11.2 Å². The van der Waals surface area contributed by atoms with Crippen LogP contribution < -0.4 is 0 Å². The molecule has 13 rings (SSSR count). The Kier molecular flexibility index (Phi) is 6.65. The van der Waals surface area contributed by atoms with Crippen LogP contribution in [0, 0.1) is 0 Å². The van der Waals surface area contributed by atoms with Gasteiger partial charge in [0.05, 0.1) is 33.1 Å². The first-order valence-electron chi connectivity index (χ1n) is 19.8. The number of rotatable bonds is 4. The molecule has 0 saturated carbocycles. The summed E-state index contributed by atoms with van der Waals surface area (Å²) < 4.78 is 13.7. The molecule has 0 aliphatic heterocycles. The molecule has 0 atom stereocenters. The van der Waals surface area contributed by atoms with Crippen molar-refractivity contribution in [3.05, 3.63) is 181 Å². The van der Waals surface area contributed by atoms with E-state index in [1.165, 1.54) is 53.3 Å². The number of benzene rings is 6. The molecule has 58 heavy (non-hydrogen) atoms. The summed E-state index contributed by atoms with van der Waals surface area (Å²) >= 11 is 1.86. The summed E-state index contributed by atoms with van der Waals surface area (Å²) in [6.45, 7) is 0. The van der Waals surface area contributed by atoms with Crippen LogP contribution in [0.4, 0.5) is 0 Å². The van der Waals surface area contributed by atoms with E-state index in [9.17, 15) is 0 Å². The van der Waals surface area contributed by atoms with Crippen LogP contribution >= 0.6 is 11.3 Å². The van der Waals surface area contributed by atoms with Crippen molar-refractivity contribution in [2.75, 3.05) is 0 Å². The largest absolute Gasteiger partial charge is 0.456 e. The standard InChI is InChI=1S/C52H32N4OS/c1-3-12-43-37(10-1)51-45(14-6-24-53-51)55(43)35-18-21-48-40(29-35)39-27-33(16-20-47(39)57-48)31-8-5-9-32(26-31)34-17-22-49-41(28-34)42-30-36(19-23-50(42)58-49)56-44-13-4-2-11-38(44)52-46(56)15-7-25-54-52/h1-4,6-7,9-30H,5,8H2. The fourth-order valence-electron chi connectivity index (χ4n) is 9.44. The van der Waals surface area contributed by atoms with Crippen LogP contribution in [0.2, 0.25) is 0 Å². The van der Waals surface area contributed by atoms with Crippen LogP contribution in [-0.4, -0.2) is 19.1 Å². The molecular weight excluding hydrogens is 729 g/mol.